The van der Waals surface area contributed by atoms with Crippen LogP contribution in [0.25, 0.3) is 0 Å². The van der Waals surface area contributed by atoms with E-state index in [-0.39, 0.29) is 16.5 Å². The van der Waals surface area contributed by atoms with Crippen LogP contribution in [0.2, 0.25) is 0 Å². The van der Waals surface area contributed by atoms with Crippen LogP contribution in [0, 0.1) is 0 Å². The molecular weight excluding hydrogens is 376 g/mol. The zero-order valence-corrected chi connectivity index (χ0v) is 16.4. The highest BCUT2D eigenvalue weighted by molar-refractivity contribution is 7.92. The molecular formula is C21H22N2O4S. The van der Waals surface area contributed by atoms with Crippen LogP contribution >= 0.6 is 0 Å². The van der Waals surface area contributed by atoms with Gasteiger partial charge in [0.25, 0.3) is 10.0 Å². The Hall–Kier alpha value is -2.93. The molecule has 28 heavy (non-hydrogen) atoms. The van der Waals surface area contributed by atoms with Crippen LogP contribution in [0.15, 0.2) is 65.2 Å². The average Bonchev–Trinajstić information content (AvgIpc) is 2.68. The normalized spacial score (nSPS) is 16.0. The van der Waals surface area contributed by atoms with Crippen molar-refractivity contribution in [2.45, 2.75) is 37.5 Å². The molecule has 2 aromatic rings. The molecule has 0 spiro atoms. The molecule has 6 nitrogen and oxygen atoms in total. The lowest BCUT2D eigenvalue weighted by Crippen LogP contribution is -2.13. The molecule has 3 rings (SSSR count). The number of anilines is 2. The van der Waals surface area contributed by atoms with E-state index in [4.69, 9.17) is 0 Å². The number of benzene rings is 2. The minimum Gasteiger partial charge on any atom is -0.361 e. The van der Waals surface area contributed by atoms with Gasteiger partial charge in [-0.3, -0.25) is 14.3 Å². The number of nitrogens with one attached hydrogen (secondary N) is 2. The Morgan fingerprint density at radius 3 is 2.14 bits per heavy atom. The zero-order valence-electron chi connectivity index (χ0n) is 15.6. The monoisotopic (exact) mass is 398 g/mol. The minimum absolute atomic E-state index is 0.0811. The van der Waals surface area contributed by atoms with Crippen LogP contribution < -0.4 is 10.0 Å². The van der Waals surface area contributed by atoms with E-state index in [0.717, 1.165) is 24.8 Å². The van der Waals surface area contributed by atoms with Crippen LogP contribution in [0.4, 0.5) is 11.4 Å². The molecule has 0 bridgehead atoms. The van der Waals surface area contributed by atoms with Gasteiger partial charge in [-0.1, -0.05) is 0 Å². The van der Waals surface area contributed by atoms with Crippen molar-refractivity contribution in [1.82, 2.24) is 0 Å². The van der Waals surface area contributed by atoms with E-state index in [1.807, 2.05) is 0 Å². The van der Waals surface area contributed by atoms with E-state index in [1.165, 1.54) is 19.1 Å². The summed E-state index contributed by atoms with van der Waals surface area (Å²) in [5, 5.41) is 3.06. The number of Topliss-reactive ketones (excluding diaryl/α,β-unsaturated/α-hetero) is 2. The standard InChI is InChI=1S/C21H22N2O4S/c1-15(24)16-6-8-19(9-7-16)23-28(26,27)20-12-10-18(11-13-20)22-14-17-4-2-3-5-21(17)25/h6-14,22-23H,2-5H2,1H3/b17-14-. The third-order valence-corrected chi connectivity index (χ3v) is 5.98. The van der Waals surface area contributed by atoms with Gasteiger partial charge in [-0.25, -0.2) is 8.42 Å². The molecule has 0 amide bonds. The molecule has 0 radical (unpaired) electrons. The van der Waals surface area contributed by atoms with Gasteiger partial charge in [0.1, 0.15) is 0 Å². The summed E-state index contributed by atoms with van der Waals surface area (Å²) in [6.45, 7) is 1.45. The molecule has 0 unspecified atom stereocenters. The quantitative estimate of drug-likeness (QED) is 0.564. The fourth-order valence-corrected chi connectivity index (χ4v) is 4.00. The molecule has 1 saturated carbocycles. The average molecular weight is 398 g/mol. The van der Waals surface area contributed by atoms with Crippen molar-refractivity contribution in [3.63, 3.8) is 0 Å². The van der Waals surface area contributed by atoms with Gasteiger partial charge in [-0.15, -0.1) is 0 Å². The van der Waals surface area contributed by atoms with E-state index < -0.39 is 10.0 Å². The van der Waals surface area contributed by atoms with E-state index >= 15 is 0 Å². The number of carbonyl (C=O) groups excluding carboxylic acids is 2. The number of hydrogen-bond acceptors (Lipinski definition) is 5. The molecule has 0 saturated heterocycles. The third-order valence-electron chi connectivity index (χ3n) is 4.58. The van der Waals surface area contributed by atoms with Crippen LogP contribution in [0.1, 0.15) is 43.0 Å². The molecule has 2 aromatic carbocycles. The van der Waals surface area contributed by atoms with E-state index in [9.17, 15) is 18.0 Å². The molecule has 1 aliphatic rings. The number of allylic oxidation sites excluding steroid dienone is 1. The highest BCUT2D eigenvalue weighted by Gasteiger charge is 2.16. The largest absolute Gasteiger partial charge is 0.361 e. The lowest BCUT2D eigenvalue weighted by atomic mass is 9.94. The smallest absolute Gasteiger partial charge is 0.261 e. The lowest BCUT2D eigenvalue weighted by molar-refractivity contribution is -0.116. The molecule has 0 atom stereocenters. The van der Waals surface area contributed by atoms with Crippen molar-refractivity contribution in [1.29, 1.82) is 0 Å². The summed E-state index contributed by atoms with van der Waals surface area (Å²) in [5.41, 5.74) is 2.38. The molecule has 1 fully saturated rings. The fourth-order valence-electron chi connectivity index (χ4n) is 2.94. The predicted molar refractivity (Wildman–Crippen MR) is 109 cm³/mol. The zero-order chi connectivity index (χ0) is 20.1. The van der Waals surface area contributed by atoms with Crippen LogP contribution in [0.3, 0.4) is 0 Å². The second kappa shape index (κ2) is 8.39. The molecule has 0 aliphatic heterocycles. The van der Waals surface area contributed by atoms with Gasteiger partial charge in [0.2, 0.25) is 0 Å². The Bertz CT molecular complexity index is 1010. The maximum atomic E-state index is 12.5. The predicted octanol–water partition coefficient (Wildman–Crippen LogP) is 4.13. The van der Waals surface area contributed by atoms with Crippen LogP contribution in [0.5, 0.6) is 0 Å². The maximum Gasteiger partial charge on any atom is 0.261 e. The summed E-state index contributed by atoms with van der Waals surface area (Å²) < 4.78 is 27.5. The van der Waals surface area contributed by atoms with Crippen LogP contribution in [-0.4, -0.2) is 20.0 Å². The van der Waals surface area contributed by atoms with Crippen LogP contribution in [-0.2, 0) is 14.8 Å². The van der Waals surface area contributed by atoms with E-state index in [0.29, 0.717) is 23.4 Å². The number of sulfonamides is 1. The van der Waals surface area contributed by atoms with Crippen molar-refractivity contribution in [2.24, 2.45) is 0 Å². The Balaban J connectivity index is 1.68. The highest BCUT2D eigenvalue weighted by atomic mass is 32.2. The molecule has 1 aliphatic carbocycles. The van der Waals surface area contributed by atoms with Crippen molar-refractivity contribution >= 4 is 33.0 Å². The minimum atomic E-state index is -3.74. The van der Waals surface area contributed by atoms with Gasteiger partial charge < -0.3 is 5.32 Å². The van der Waals surface area contributed by atoms with Crippen molar-refractivity contribution in [2.75, 3.05) is 10.0 Å². The number of rotatable bonds is 6. The van der Waals surface area contributed by atoms with Gasteiger partial charge in [0, 0.05) is 35.1 Å². The van der Waals surface area contributed by atoms with Gasteiger partial charge in [-0.2, -0.15) is 0 Å². The SMILES string of the molecule is CC(=O)c1ccc(NS(=O)(=O)c2ccc(N/C=C3/CCCCC3=O)cc2)cc1. The first-order valence-electron chi connectivity index (χ1n) is 9.08. The van der Waals surface area contributed by atoms with Gasteiger partial charge >= 0.3 is 0 Å². The molecule has 2 N–H and O–H groups in total. The maximum absolute atomic E-state index is 12.5. The summed E-state index contributed by atoms with van der Waals surface area (Å²) in [6, 6.07) is 12.6. The summed E-state index contributed by atoms with van der Waals surface area (Å²) in [7, 11) is -3.74. The molecule has 146 valence electrons. The summed E-state index contributed by atoms with van der Waals surface area (Å²) in [6.07, 6.45) is 5.01. The fraction of sp³-hybridized carbons (Fsp3) is 0.238. The Morgan fingerprint density at radius 1 is 0.929 bits per heavy atom. The van der Waals surface area contributed by atoms with E-state index in [2.05, 4.69) is 10.0 Å². The Kier molecular flexibility index (Phi) is 5.94. The third kappa shape index (κ3) is 4.86. The van der Waals surface area contributed by atoms with Crippen molar-refractivity contribution in [3.8, 4) is 0 Å². The van der Waals surface area contributed by atoms with Crippen molar-refractivity contribution < 1.29 is 18.0 Å². The first kappa shape index (κ1) is 19.8. The molecule has 7 heteroatoms. The second-order valence-corrected chi connectivity index (χ2v) is 8.39. The summed E-state index contributed by atoms with van der Waals surface area (Å²) >= 11 is 0. The molecule has 0 heterocycles. The first-order chi connectivity index (χ1) is 13.3. The summed E-state index contributed by atoms with van der Waals surface area (Å²) in [5.74, 6) is 0.0836. The van der Waals surface area contributed by atoms with Crippen molar-refractivity contribution in [3.05, 3.63) is 65.9 Å². The number of hydrogen-bond donors (Lipinski definition) is 2. The first-order valence-corrected chi connectivity index (χ1v) is 10.6. The number of ketones is 2. The Labute approximate surface area is 164 Å². The lowest BCUT2D eigenvalue weighted by Gasteiger charge is -2.13. The van der Waals surface area contributed by atoms with E-state index in [1.54, 1.807) is 42.6 Å². The molecule has 0 aromatic heterocycles. The second-order valence-electron chi connectivity index (χ2n) is 6.71. The van der Waals surface area contributed by atoms with Gasteiger partial charge in [0.05, 0.1) is 4.90 Å². The number of carbonyl (C=O) groups is 2. The van der Waals surface area contributed by atoms with Gasteiger partial charge in [0.15, 0.2) is 11.6 Å². The van der Waals surface area contributed by atoms with Gasteiger partial charge in [-0.05, 0) is 74.7 Å². The topological polar surface area (TPSA) is 92.3 Å². The Morgan fingerprint density at radius 2 is 1.54 bits per heavy atom. The highest BCUT2D eigenvalue weighted by Crippen LogP contribution is 2.21. The summed E-state index contributed by atoms with van der Waals surface area (Å²) in [4.78, 5) is 23.2.